The van der Waals surface area contributed by atoms with Crippen LogP contribution in [-0.2, 0) is 16.1 Å². The van der Waals surface area contributed by atoms with Crippen molar-refractivity contribution in [3.8, 4) is 27.4 Å². The molecule has 456 valence electrons. The third-order valence-corrected chi connectivity index (χ3v) is 18.4. The molecule has 10 rings (SSSR count). The summed E-state index contributed by atoms with van der Waals surface area (Å²) in [5, 5.41) is 27.3. The predicted molar refractivity (Wildman–Crippen MR) is 315 cm³/mol. The highest BCUT2D eigenvalue weighted by Crippen LogP contribution is 2.37. The van der Waals surface area contributed by atoms with Crippen molar-refractivity contribution in [2.24, 2.45) is 23.0 Å². The lowest BCUT2D eigenvalue weighted by Crippen LogP contribution is -2.63. The molecule has 3 aliphatic heterocycles. The summed E-state index contributed by atoms with van der Waals surface area (Å²) in [5.41, 5.74) is 16.6. The number of rotatable bonds is 17. The molecular formula is C60H76F4N14O6S. The Hall–Kier alpha value is -7.06. The topological polar surface area (TPSA) is 259 Å². The molecular weight excluding hydrogens is 1120 g/mol. The van der Waals surface area contributed by atoms with Gasteiger partial charge in [0.25, 0.3) is 6.43 Å². The maximum atomic E-state index is 16.1. The van der Waals surface area contributed by atoms with Crippen LogP contribution in [-0.4, -0.2) is 167 Å². The molecule has 4 aliphatic rings. The second kappa shape index (κ2) is 25.5. The Bertz CT molecular complexity index is 3350. The minimum Gasteiger partial charge on any atom is -0.490 e. The number of ether oxygens (including phenoxy) is 1. The molecule has 6 atom stereocenters. The van der Waals surface area contributed by atoms with Crippen LogP contribution in [0.2, 0.25) is 0 Å². The normalized spacial score (nSPS) is 22.6. The number of amides is 4. The number of nitrogens with one attached hydrogen (secondary N) is 2. The minimum absolute atomic E-state index is 0.0275. The number of nitrogens with zero attached hydrogens (tertiary/aromatic N) is 10. The van der Waals surface area contributed by atoms with Gasteiger partial charge < -0.3 is 56.3 Å². The van der Waals surface area contributed by atoms with Gasteiger partial charge in [0.1, 0.15) is 35.8 Å². The number of hydrogen-bond donors (Lipinski definition) is 6. The highest BCUT2D eigenvalue weighted by molar-refractivity contribution is 7.13. The number of urea groups is 1. The highest BCUT2D eigenvalue weighted by atomic mass is 32.1. The second-order valence-corrected chi connectivity index (χ2v) is 25.4. The number of aromatic nitrogens is 6. The maximum Gasteiger partial charge on any atom is 0.318 e. The van der Waals surface area contributed by atoms with E-state index in [-0.39, 0.29) is 85.8 Å². The molecule has 25 heteroatoms. The SMILES string of the molecule is Cc1ncsc1-c1ccc([C@H](C)NC(=O)[C@@H]2C[C@@H](O)CN2C(=O)[C@@H](NC(=O)N2CCN(CC3CCC(COc4cc(F)c(-c5cc(Cn6cnc7c(N)ncnc76)c(N6CCC[C@](N)([C@H](O)C(F)F)C6)cn5)cc4F)CC3)CC2)C(C)(C)C)cc1. The number of fused-ring (bicyclic) bond motifs is 1. The maximum absolute atomic E-state index is 16.1. The van der Waals surface area contributed by atoms with E-state index in [1.54, 1.807) is 31.8 Å². The lowest BCUT2D eigenvalue weighted by atomic mass is 9.82. The number of alkyl halides is 2. The number of aliphatic hydroxyl groups is 2. The number of hydrogen-bond acceptors (Lipinski definition) is 16. The number of halogens is 4. The molecule has 0 spiro atoms. The summed E-state index contributed by atoms with van der Waals surface area (Å²) in [6.45, 7) is 13.1. The molecule has 7 heterocycles. The number of likely N-dealkylation sites (tertiary alicyclic amines) is 1. The number of β-amino-alcohol motifs (C(OH)–C–C–N with tert-alkyl or cyclic N) is 1. The molecule has 1 saturated carbocycles. The van der Waals surface area contributed by atoms with Crippen LogP contribution in [0.5, 0.6) is 5.75 Å². The number of aryl methyl sites for hydroxylation is 1. The number of carbonyl (C=O) groups excluding carboxylic acids is 3. The van der Waals surface area contributed by atoms with Gasteiger partial charge in [0, 0.05) is 70.4 Å². The first kappa shape index (κ1) is 61.0. The van der Waals surface area contributed by atoms with Crippen LogP contribution in [0.4, 0.5) is 33.9 Å². The number of piperidine rings is 1. The molecule has 8 N–H and O–H groups in total. The fourth-order valence-corrected chi connectivity index (χ4v) is 13.2. The average Bonchev–Trinajstić information content (AvgIpc) is 3.02. The van der Waals surface area contributed by atoms with Crippen molar-refractivity contribution in [1.29, 1.82) is 0 Å². The zero-order chi connectivity index (χ0) is 60.5. The lowest BCUT2D eigenvalue weighted by Gasteiger charge is -2.44. The third kappa shape index (κ3) is 13.6. The first-order chi connectivity index (χ1) is 40.5. The molecule has 20 nitrogen and oxygen atoms in total. The molecule has 4 fully saturated rings. The smallest absolute Gasteiger partial charge is 0.318 e. The second-order valence-electron chi connectivity index (χ2n) is 24.6. The fraction of sp³-hybridized carbons (Fsp3) is 0.533. The van der Waals surface area contributed by atoms with Gasteiger partial charge in [-0.2, -0.15) is 0 Å². The van der Waals surface area contributed by atoms with E-state index in [9.17, 15) is 33.4 Å². The molecule has 0 unspecified atom stereocenters. The largest absolute Gasteiger partial charge is 0.490 e. The van der Waals surface area contributed by atoms with Gasteiger partial charge in [-0.25, -0.2) is 42.3 Å². The number of nitrogens with two attached hydrogens (primary N) is 2. The van der Waals surface area contributed by atoms with Crippen LogP contribution in [0.1, 0.15) is 95.5 Å². The van der Waals surface area contributed by atoms with E-state index in [4.69, 9.17) is 16.2 Å². The number of nitrogen functional groups attached to an aromatic ring is 1. The first-order valence-corrected chi connectivity index (χ1v) is 30.0. The Balaban J connectivity index is 0.701. The van der Waals surface area contributed by atoms with Gasteiger partial charge >= 0.3 is 6.03 Å². The molecule has 3 saturated heterocycles. The standard InChI is InChI=1S/C60H76F4N14O6S/c1-34(38-11-13-39(14-12-38)50-35(2)71-33-85-50)72-56(81)46-22-41(79)28-78(46)57(82)51(59(3,4)5)73-58(83)75-19-17-74(18-20-75)26-36-7-9-37(10-8-36)29-84-48-24-43(61)42(23-44(48)62)45-21-40(27-77-32-70-49-54(65)68-31-69-55(49)77)47(25-67-45)76-16-6-15-60(66,30-76)52(80)53(63)64/h11-14,21,23-25,31-34,36-37,41,46,51-53,79-80H,6-10,15-20,22,26-30,66H2,1-5H3,(H,72,81)(H,73,83)(H2,65,68,69)/t34-,36?,37?,41+,46-,51+,52+,60+/m0/s1. The van der Waals surface area contributed by atoms with Gasteiger partial charge in [-0.05, 0) is 98.4 Å². The van der Waals surface area contributed by atoms with E-state index in [1.165, 1.54) is 23.8 Å². The van der Waals surface area contributed by atoms with Crippen molar-refractivity contribution in [3.63, 3.8) is 0 Å². The van der Waals surface area contributed by atoms with E-state index in [0.717, 1.165) is 66.1 Å². The van der Waals surface area contributed by atoms with Crippen LogP contribution < -0.4 is 31.7 Å². The number of pyridine rings is 1. The molecule has 0 bridgehead atoms. The van der Waals surface area contributed by atoms with Gasteiger partial charge in [0.15, 0.2) is 23.0 Å². The van der Waals surface area contributed by atoms with E-state index < -0.39 is 59.2 Å². The third-order valence-electron chi connectivity index (χ3n) is 17.4. The summed E-state index contributed by atoms with van der Waals surface area (Å²) in [7, 11) is 0. The lowest BCUT2D eigenvalue weighted by molar-refractivity contribution is -0.142. The summed E-state index contributed by atoms with van der Waals surface area (Å²) >= 11 is 1.57. The number of aliphatic hydroxyl groups excluding tert-OH is 2. The molecule has 1 aliphatic carbocycles. The summed E-state index contributed by atoms with van der Waals surface area (Å²) in [6.07, 6.45) is 2.42. The van der Waals surface area contributed by atoms with Crippen molar-refractivity contribution < 1.29 is 46.9 Å². The van der Waals surface area contributed by atoms with Crippen LogP contribution >= 0.6 is 11.3 Å². The minimum atomic E-state index is -3.05. The molecule has 4 amide bonds. The highest BCUT2D eigenvalue weighted by Gasteiger charge is 2.46. The first-order valence-electron chi connectivity index (χ1n) is 29.1. The average molecular weight is 1200 g/mol. The monoisotopic (exact) mass is 1200 g/mol. The zero-order valence-corrected chi connectivity index (χ0v) is 49.4. The van der Waals surface area contributed by atoms with Gasteiger partial charge in [0.05, 0.1) is 70.8 Å². The Kier molecular flexibility index (Phi) is 18.3. The van der Waals surface area contributed by atoms with Gasteiger partial charge in [-0.15, -0.1) is 11.3 Å². The number of benzene rings is 2. The van der Waals surface area contributed by atoms with Crippen molar-refractivity contribution in [2.45, 2.75) is 128 Å². The van der Waals surface area contributed by atoms with Crippen molar-refractivity contribution in [3.05, 3.63) is 95.3 Å². The summed E-state index contributed by atoms with van der Waals surface area (Å²) < 4.78 is 67.3. The molecule has 85 heavy (non-hydrogen) atoms. The van der Waals surface area contributed by atoms with Crippen molar-refractivity contribution >= 4 is 51.9 Å². The Labute approximate surface area is 495 Å². The number of carbonyl (C=O) groups is 3. The molecule has 2 aromatic carbocycles. The summed E-state index contributed by atoms with van der Waals surface area (Å²) in [4.78, 5) is 72.0. The van der Waals surface area contributed by atoms with Crippen LogP contribution in [0.15, 0.2) is 66.8 Å². The fourth-order valence-electron chi connectivity index (χ4n) is 12.4. The number of piperazine rings is 1. The number of thiazole rings is 1. The summed E-state index contributed by atoms with van der Waals surface area (Å²) in [6, 6.07) is 8.98. The summed E-state index contributed by atoms with van der Waals surface area (Å²) in [5.74, 6) is -1.86. The van der Waals surface area contributed by atoms with E-state index >= 15 is 8.78 Å². The molecule has 6 aromatic rings. The van der Waals surface area contributed by atoms with Gasteiger partial charge in [-0.3, -0.25) is 19.5 Å². The van der Waals surface area contributed by atoms with Crippen molar-refractivity contribution in [2.75, 3.05) is 69.6 Å². The van der Waals surface area contributed by atoms with E-state index in [0.29, 0.717) is 67.5 Å². The zero-order valence-electron chi connectivity index (χ0n) is 48.6. The van der Waals surface area contributed by atoms with E-state index in [2.05, 4.69) is 40.5 Å². The Morgan fingerprint density at radius 2 is 1.66 bits per heavy atom. The van der Waals surface area contributed by atoms with Crippen LogP contribution in [0.3, 0.4) is 0 Å². The Morgan fingerprint density at radius 1 is 0.929 bits per heavy atom. The number of anilines is 2. The quantitative estimate of drug-likeness (QED) is 0.0507. The predicted octanol–water partition coefficient (Wildman–Crippen LogP) is 6.92. The van der Waals surface area contributed by atoms with Gasteiger partial charge in [0.2, 0.25) is 11.8 Å². The molecule has 0 radical (unpaired) electrons. The van der Waals surface area contributed by atoms with E-state index in [1.807, 2.05) is 64.4 Å². The Morgan fingerprint density at radius 3 is 2.35 bits per heavy atom. The number of imidazole rings is 1. The molecule has 4 aromatic heterocycles. The van der Waals surface area contributed by atoms with Gasteiger partial charge in [-0.1, -0.05) is 45.0 Å². The van der Waals surface area contributed by atoms with Crippen LogP contribution in [0, 0.1) is 35.8 Å². The van der Waals surface area contributed by atoms with Crippen LogP contribution in [0.25, 0.3) is 32.9 Å². The van der Waals surface area contributed by atoms with Crippen molar-refractivity contribution in [1.82, 2.24) is 54.8 Å².